The van der Waals surface area contributed by atoms with Crippen LogP contribution in [-0.2, 0) is 10.0 Å². The number of nitrogens with one attached hydrogen (secondary N) is 1. The molecule has 0 aliphatic carbocycles. The van der Waals surface area contributed by atoms with E-state index in [2.05, 4.69) is 10.2 Å². The van der Waals surface area contributed by atoms with Crippen LogP contribution in [0.1, 0.15) is 19.3 Å². The minimum absolute atomic E-state index is 0.218. The highest BCUT2D eigenvalue weighted by atomic mass is 32.2. The Bertz CT molecular complexity index is 345. The zero-order valence-corrected chi connectivity index (χ0v) is 11.4. The van der Waals surface area contributed by atoms with Crippen molar-refractivity contribution < 1.29 is 8.42 Å². The molecule has 17 heavy (non-hydrogen) atoms. The molecular formula is C11H23N3O2S. The van der Waals surface area contributed by atoms with E-state index in [-0.39, 0.29) is 5.75 Å². The van der Waals surface area contributed by atoms with E-state index >= 15 is 0 Å². The van der Waals surface area contributed by atoms with Crippen LogP contribution in [0.4, 0.5) is 0 Å². The minimum Gasteiger partial charge on any atom is -0.319 e. The second-order valence-corrected chi connectivity index (χ2v) is 7.05. The van der Waals surface area contributed by atoms with Gasteiger partial charge in [0.2, 0.25) is 10.0 Å². The highest BCUT2D eigenvalue weighted by molar-refractivity contribution is 7.89. The molecule has 0 spiro atoms. The molecule has 0 aromatic heterocycles. The van der Waals surface area contributed by atoms with Crippen LogP contribution in [0.15, 0.2) is 0 Å². The Morgan fingerprint density at radius 1 is 1.24 bits per heavy atom. The first kappa shape index (κ1) is 13.3. The van der Waals surface area contributed by atoms with Gasteiger partial charge in [0.05, 0.1) is 5.75 Å². The van der Waals surface area contributed by atoms with Crippen LogP contribution in [0.2, 0.25) is 0 Å². The zero-order chi connectivity index (χ0) is 12.3. The first-order valence-electron chi connectivity index (χ1n) is 6.50. The van der Waals surface area contributed by atoms with Crippen LogP contribution in [0.25, 0.3) is 0 Å². The lowest BCUT2D eigenvalue weighted by atomic mass is 10.0. The van der Waals surface area contributed by atoms with Gasteiger partial charge >= 0.3 is 0 Å². The third-order valence-corrected chi connectivity index (χ3v) is 5.64. The van der Waals surface area contributed by atoms with E-state index in [1.165, 1.54) is 12.8 Å². The lowest BCUT2D eigenvalue weighted by Crippen LogP contribution is -2.56. The van der Waals surface area contributed by atoms with Crippen LogP contribution in [-0.4, -0.2) is 69.2 Å². The van der Waals surface area contributed by atoms with Gasteiger partial charge in [0.25, 0.3) is 0 Å². The zero-order valence-electron chi connectivity index (χ0n) is 10.6. The molecule has 100 valence electrons. The van der Waals surface area contributed by atoms with Gasteiger partial charge in [-0.2, -0.15) is 4.31 Å². The van der Waals surface area contributed by atoms with Crippen LogP contribution in [0.3, 0.4) is 0 Å². The summed E-state index contributed by atoms with van der Waals surface area (Å²) in [5, 5.41) is 2.90. The quantitative estimate of drug-likeness (QED) is 0.755. The molecule has 0 saturated carbocycles. The molecule has 2 rings (SSSR count). The molecule has 0 aromatic carbocycles. The first-order valence-corrected chi connectivity index (χ1v) is 8.11. The number of piperidine rings is 1. The van der Waals surface area contributed by atoms with Crippen LogP contribution >= 0.6 is 0 Å². The predicted octanol–water partition coefficient (Wildman–Crippen LogP) is -0.294. The Morgan fingerprint density at radius 3 is 2.82 bits per heavy atom. The van der Waals surface area contributed by atoms with Gasteiger partial charge in [-0.25, -0.2) is 8.42 Å². The first-order chi connectivity index (χ1) is 8.13. The van der Waals surface area contributed by atoms with Crippen molar-refractivity contribution >= 4 is 10.0 Å². The molecule has 2 saturated heterocycles. The molecule has 0 bridgehead atoms. The van der Waals surface area contributed by atoms with Gasteiger partial charge in [0.15, 0.2) is 0 Å². The number of sulfonamides is 1. The molecule has 2 fully saturated rings. The second-order valence-electron chi connectivity index (χ2n) is 4.96. The number of fused-ring (bicyclic) bond motifs is 1. The highest BCUT2D eigenvalue weighted by Gasteiger charge is 2.33. The van der Waals surface area contributed by atoms with Gasteiger partial charge in [-0.1, -0.05) is 6.42 Å². The minimum atomic E-state index is -3.05. The predicted molar refractivity (Wildman–Crippen MR) is 68.5 cm³/mol. The summed E-state index contributed by atoms with van der Waals surface area (Å²) < 4.78 is 25.9. The third kappa shape index (κ3) is 3.19. The highest BCUT2D eigenvalue weighted by Crippen LogP contribution is 2.22. The average Bonchev–Trinajstić information content (AvgIpc) is 2.36. The summed E-state index contributed by atoms with van der Waals surface area (Å²) in [5.41, 5.74) is 0. The van der Waals surface area contributed by atoms with Crippen LogP contribution < -0.4 is 5.32 Å². The van der Waals surface area contributed by atoms with E-state index in [4.69, 9.17) is 0 Å². The molecule has 2 heterocycles. The Hall–Kier alpha value is -0.170. The van der Waals surface area contributed by atoms with E-state index < -0.39 is 10.0 Å². The second kappa shape index (κ2) is 5.65. The van der Waals surface area contributed by atoms with Crippen molar-refractivity contribution in [3.63, 3.8) is 0 Å². The topological polar surface area (TPSA) is 52.7 Å². The monoisotopic (exact) mass is 261 g/mol. The SMILES string of the molecule is CNCCS(=O)(=O)N1CCN2CCCCC2C1. The Balaban J connectivity index is 1.94. The lowest BCUT2D eigenvalue weighted by Gasteiger charge is -2.43. The summed E-state index contributed by atoms with van der Waals surface area (Å²) in [5.74, 6) is 0.218. The fourth-order valence-electron chi connectivity index (χ4n) is 2.74. The van der Waals surface area contributed by atoms with Gasteiger partial charge in [-0.05, 0) is 26.4 Å². The van der Waals surface area contributed by atoms with Crippen molar-refractivity contribution in [2.45, 2.75) is 25.3 Å². The summed E-state index contributed by atoms with van der Waals surface area (Å²) in [6.07, 6.45) is 3.66. The number of hydrogen-bond donors (Lipinski definition) is 1. The summed E-state index contributed by atoms with van der Waals surface area (Å²) in [7, 11) is -1.27. The molecule has 0 aromatic rings. The molecule has 2 aliphatic heterocycles. The molecule has 6 heteroatoms. The van der Waals surface area contributed by atoms with Crippen molar-refractivity contribution in [3.8, 4) is 0 Å². The summed E-state index contributed by atoms with van der Waals surface area (Å²) in [6, 6.07) is 0.460. The molecule has 1 unspecified atom stereocenters. The lowest BCUT2D eigenvalue weighted by molar-refractivity contribution is 0.0852. The summed E-state index contributed by atoms with van der Waals surface area (Å²) in [6.45, 7) is 3.96. The van der Waals surface area contributed by atoms with Gasteiger partial charge in [-0.15, -0.1) is 0 Å². The van der Waals surface area contributed by atoms with E-state index in [9.17, 15) is 8.42 Å². The Kier molecular flexibility index (Phi) is 4.41. The molecule has 1 N–H and O–H groups in total. The normalized spacial score (nSPS) is 27.9. The molecular weight excluding hydrogens is 238 g/mol. The third-order valence-electron chi connectivity index (χ3n) is 3.80. The van der Waals surface area contributed by atoms with E-state index in [1.807, 2.05) is 0 Å². The maximum atomic E-state index is 12.1. The molecule has 0 radical (unpaired) electrons. The Morgan fingerprint density at radius 2 is 2.06 bits per heavy atom. The van der Waals surface area contributed by atoms with Crippen LogP contribution in [0.5, 0.6) is 0 Å². The number of rotatable bonds is 4. The largest absolute Gasteiger partial charge is 0.319 e. The Labute approximate surface area is 104 Å². The standard InChI is InChI=1S/C11H23N3O2S/c1-12-5-9-17(15,16)14-8-7-13-6-3-2-4-11(13)10-14/h11-12H,2-10H2,1H3. The molecule has 2 aliphatic rings. The van der Waals surface area contributed by atoms with Crippen LogP contribution in [0, 0.1) is 0 Å². The summed E-state index contributed by atoms with van der Waals surface area (Å²) >= 11 is 0. The van der Waals surface area contributed by atoms with E-state index in [0.717, 1.165) is 19.5 Å². The fourth-order valence-corrected chi connectivity index (χ4v) is 4.22. The van der Waals surface area contributed by atoms with Crippen molar-refractivity contribution in [1.82, 2.24) is 14.5 Å². The average molecular weight is 261 g/mol. The fraction of sp³-hybridized carbons (Fsp3) is 1.00. The number of piperazine rings is 1. The number of nitrogens with zero attached hydrogens (tertiary/aromatic N) is 2. The maximum Gasteiger partial charge on any atom is 0.215 e. The van der Waals surface area contributed by atoms with Crippen molar-refractivity contribution in [1.29, 1.82) is 0 Å². The van der Waals surface area contributed by atoms with Crippen molar-refractivity contribution in [3.05, 3.63) is 0 Å². The maximum absolute atomic E-state index is 12.1. The van der Waals surface area contributed by atoms with E-state index in [0.29, 0.717) is 25.7 Å². The van der Waals surface area contributed by atoms with Gasteiger partial charge in [0.1, 0.15) is 0 Å². The molecule has 5 nitrogen and oxygen atoms in total. The van der Waals surface area contributed by atoms with Gasteiger partial charge in [-0.3, -0.25) is 4.90 Å². The van der Waals surface area contributed by atoms with Gasteiger partial charge in [0, 0.05) is 32.2 Å². The van der Waals surface area contributed by atoms with Crippen molar-refractivity contribution in [2.75, 3.05) is 45.5 Å². The smallest absolute Gasteiger partial charge is 0.215 e. The summed E-state index contributed by atoms with van der Waals surface area (Å²) in [4.78, 5) is 2.45. The molecule has 1 atom stereocenters. The van der Waals surface area contributed by atoms with E-state index in [1.54, 1.807) is 11.4 Å². The molecule has 0 amide bonds. The van der Waals surface area contributed by atoms with Crippen molar-refractivity contribution in [2.24, 2.45) is 0 Å². The number of hydrogen-bond acceptors (Lipinski definition) is 4. The van der Waals surface area contributed by atoms with Gasteiger partial charge < -0.3 is 5.32 Å².